The molecule has 2 bridgehead atoms. The number of aromatic nitrogens is 3. The van der Waals surface area contributed by atoms with E-state index < -0.39 is 47.2 Å². The number of ether oxygens (including phenoxy) is 3. The van der Waals surface area contributed by atoms with E-state index in [2.05, 4.69) is 20.7 Å². The molecule has 0 N–H and O–H groups in total. The van der Waals surface area contributed by atoms with Gasteiger partial charge in [0, 0.05) is 30.5 Å². The third-order valence-electron chi connectivity index (χ3n) is 11.7. The van der Waals surface area contributed by atoms with Crippen molar-refractivity contribution in [2.45, 2.75) is 101 Å². The smallest absolute Gasteiger partial charge is 0.410 e. The van der Waals surface area contributed by atoms with Crippen LogP contribution in [0.1, 0.15) is 65.4 Å². The third-order valence-corrected chi connectivity index (χ3v) is 11.7. The molecule has 6 atom stereocenters. The number of carbonyl (C=O) groups is 1. The zero-order valence-corrected chi connectivity index (χ0v) is 30.2. The molecule has 4 fully saturated rings. The molecule has 0 spiro atoms. The molecule has 4 aromatic rings. The Morgan fingerprint density at radius 2 is 1.94 bits per heavy atom. The van der Waals surface area contributed by atoms with Gasteiger partial charge in [0.05, 0.1) is 29.2 Å². The molecule has 2 aromatic heterocycles. The van der Waals surface area contributed by atoms with Crippen molar-refractivity contribution in [3.8, 4) is 35.5 Å². The third kappa shape index (κ3) is 5.35. The van der Waals surface area contributed by atoms with Crippen molar-refractivity contribution < 1.29 is 32.2 Å². The molecule has 5 aliphatic heterocycles. The number of hydrogen-bond acceptors (Lipinski definition) is 9. The minimum atomic E-state index is -0.954. The predicted molar refractivity (Wildman–Crippen MR) is 193 cm³/mol. The Morgan fingerprint density at radius 1 is 1.11 bits per heavy atom. The lowest BCUT2D eigenvalue weighted by atomic mass is 9.95. The van der Waals surface area contributed by atoms with Crippen LogP contribution in [0.2, 0.25) is 0 Å². The van der Waals surface area contributed by atoms with Crippen molar-refractivity contribution in [2.75, 3.05) is 31.1 Å². The molecule has 2 aromatic carbocycles. The summed E-state index contributed by atoms with van der Waals surface area (Å²) >= 11 is 0. The number of halogens is 3. The first-order chi connectivity index (χ1) is 25.4. The van der Waals surface area contributed by atoms with Crippen LogP contribution in [0.25, 0.3) is 32.9 Å². The summed E-state index contributed by atoms with van der Waals surface area (Å²) in [5.41, 5.74) is -1.09. The number of carbonyl (C=O) groups excluding carboxylic acids is 1. The topological polar surface area (TPSA) is 93.2 Å². The second-order valence-electron chi connectivity index (χ2n) is 16.1. The van der Waals surface area contributed by atoms with Crippen LogP contribution in [0, 0.1) is 24.0 Å². The van der Waals surface area contributed by atoms with E-state index in [4.69, 9.17) is 30.6 Å². The van der Waals surface area contributed by atoms with Crippen molar-refractivity contribution in [3.05, 3.63) is 47.5 Å². The SMILES string of the molecule is C#Cc1c(F)ccc2cccc(-c3nc4c5c(nc(OC[C@@]67CCCN6C[C@H](F)C7)nc5c3F)N3C[C@H]5CC[C@@H]([C@H]3[C@H](C)O4)N5C(=O)OC(C)(C)C)c12. The number of amides is 1. The maximum absolute atomic E-state index is 17.3. The average molecular weight is 727 g/mol. The summed E-state index contributed by atoms with van der Waals surface area (Å²) in [5.74, 6) is 1.55. The molecular weight excluding hydrogens is 685 g/mol. The summed E-state index contributed by atoms with van der Waals surface area (Å²) in [6.07, 6.45) is 7.41. The van der Waals surface area contributed by atoms with Gasteiger partial charge in [-0.3, -0.25) is 9.80 Å². The normalized spacial score (nSPS) is 27.7. The van der Waals surface area contributed by atoms with E-state index >= 15 is 8.78 Å². The first-order valence-electron chi connectivity index (χ1n) is 18.4. The second-order valence-corrected chi connectivity index (χ2v) is 16.1. The van der Waals surface area contributed by atoms with Crippen LogP contribution in [0.3, 0.4) is 0 Å². The van der Waals surface area contributed by atoms with Gasteiger partial charge >= 0.3 is 12.1 Å². The number of hydrogen-bond donors (Lipinski definition) is 0. The summed E-state index contributed by atoms with van der Waals surface area (Å²) in [6.45, 7) is 9.10. The van der Waals surface area contributed by atoms with Crippen LogP contribution in [-0.4, -0.2) is 98.6 Å². The molecule has 1 amide bonds. The lowest BCUT2D eigenvalue weighted by Crippen LogP contribution is -2.65. The van der Waals surface area contributed by atoms with Crippen LogP contribution < -0.4 is 14.4 Å². The largest absolute Gasteiger partial charge is 0.472 e. The zero-order valence-electron chi connectivity index (χ0n) is 30.2. The van der Waals surface area contributed by atoms with Gasteiger partial charge in [-0.1, -0.05) is 30.2 Å². The Bertz CT molecular complexity index is 2220. The number of fused-ring (bicyclic) bond motifs is 7. The van der Waals surface area contributed by atoms with Crippen LogP contribution >= 0.6 is 0 Å². The monoisotopic (exact) mass is 726 g/mol. The Balaban J connectivity index is 1.22. The number of terminal acetylenes is 1. The van der Waals surface area contributed by atoms with Gasteiger partial charge in [0.15, 0.2) is 5.82 Å². The first-order valence-corrected chi connectivity index (χ1v) is 18.4. The van der Waals surface area contributed by atoms with Crippen molar-refractivity contribution in [2.24, 2.45) is 0 Å². The van der Waals surface area contributed by atoms with E-state index in [0.29, 0.717) is 42.5 Å². The highest BCUT2D eigenvalue weighted by Crippen LogP contribution is 2.48. The fraction of sp³-hybridized carbons (Fsp3) is 0.500. The minimum Gasteiger partial charge on any atom is -0.472 e. The Labute approximate surface area is 305 Å². The number of rotatable bonds is 4. The molecular formula is C40H41F3N6O4. The molecule has 276 valence electrons. The van der Waals surface area contributed by atoms with E-state index in [1.807, 2.05) is 32.6 Å². The minimum absolute atomic E-state index is 0.00885. The van der Waals surface area contributed by atoms with Gasteiger partial charge in [-0.2, -0.15) is 9.97 Å². The molecule has 13 heteroatoms. The maximum atomic E-state index is 17.3. The summed E-state index contributed by atoms with van der Waals surface area (Å²) in [5, 5.41) is 1.22. The molecule has 4 saturated heterocycles. The summed E-state index contributed by atoms with van der Waals surface area (Å²) in [6, 6.07) is 7.09. The number of nitrogens with zero attached hydrogens (tertiary/aromatic N) is 6. The van der Waals surface area contributed by atoms with Crippen molar-refractivity contribution >= 4 is 33.6 Å². The number of piperazine rings is 1. The van der Waals surface area contributed by atoms with Gasteiger partial charge in [-0.05, 0) is 71.4 Å². The number of alkyl halides is 1. The Hall–Kier alpha value is -4.83. The second kappa shape index (κ2) is 12.1. The predicted octanol–water partition coefficient (Wildman–Crippen LogP) is 6.80. The molecule has 53 heavy (non-hydrogen) atoms. The fourth-order valence-corrected chi connectivity index (χ4v) is 9.60. The molecule has 0 unspecified atom stereocenters. The Kier molecular flexibility index (Phi) is 7.75. The van der Waals surface area contributed by atoms with Gasteiger partial charge in [0.2, 0.25) is 5.88 Å². The van der Waals surface area contributed by atoms with Crippen molar-refractivity contribution in [3.63, 3.8) is 0 Å². The quantitative estimate of drug-likeness (QED) is 0.211. The highest BCUT2D eigenvalue weighted by molar-refractivity contribution is 6.03. The van der Waals surface area contributed by atoms with E-state index in [-0.39, 0.29) is 58.3 Å². The van der Waals surface area contributed by atoms with Crippen LogP contribution in [0.4, 0.5) is 23.8 Å². The molecule has 0 aliphatic carbocycles. The van der Waals surface area contributed by atoms with Crippen LogP contribution in [0.15, 0.2) is 30.3 Å². The highest BCUT2D eigenvalue weighted by Gasteiger charge is 2.54. The fourth-order valence-electron chi connectivity index (χ4n) is 9.60. The van der Waals surface area contributed by atoms with Crippen molar-refractivity contribution in [1.29, 1.82) is 0 Å². The van der Waals surface area contributed by atoms with Gasteiger partial charge < -0.3 is 19.1 Å². The highest BCUT2D eigenvalue weighted by atomic mass is 19.1. The number of anilines is 1. The van der Waals surface area contributed by atoms with E-state index in [1.54, 1.807) is 24.3 Å². The van der Waals surface area contributed by atoms with Gasteiger partial charge in [-0.25, -0.2) is 22.9 Å². The van der Waals surface area contributed by atoms with E-state index in [9.17, 15) is 9.18 Å². The van der Waals surface area contributed by atoms with Gasteiger partial charge in [0.1, 0.15) is 52.7 Å². The van der Waals surface area contributed by atoms with Crippen molar-refractivity contribution in [1.82, 2.24) is 24.8 Å². The molecule has 10 nitrogen and oxygen atoms in total. The summed E-state index contributed by atoms with van der Waals surface area (Å²) < 4.78 is 66.0. The van der Waals surface area contributed by atoms with E-state index in [1.165, 1.54) is 6.07 Å². The van der Waals surface area contributed by atoms with Crippen LogP contribution in [0.5, 0.6) is 11.9 Å². The summed E-state index contributed by atoms with van der Waals surface area (Å²) in [4.78, 5) is 34.1. The first kappa shape index (κ1) is 34.0. The molecule has 7 heterocycles. The van der Waals surface area contributed by atoms with E-state index in [0.717, 1.165) is 25.8 Å². The molecule has 0 radical (unpaired) electrons. The number of benzene rings is 2. The number of pyridine rings is 1. The maximum Gasteiger partial charge on any atom is 0.410 e. The van der Waals surface area contributed by atoms with Gasteiger partial charge in [-0.15, -0.1) is 6.42 Å². The zero-order chi connectivity index (χ0) is 37.0. The average Bonchev–Trinajstić information content (AvgIpc) is 3.72. The molecule has 9 rings (SSSR count). The Morgan fingerprint density at radius 3 is 2.74 bits per heavy atom. The molecule has 5 aliphatic rings. The standard InChI is InChI=1S/C40H41F3N6O4/c1-6-25-27(42)13-11-22-9-7-10-26(29(22)25)32-31(43)33-30-35(46-37(45-33)51-20-40-15-8-16-47(40)18-23(41)17-40)48-19-24-12-14-28(34(48)21(2)52-36(30)44-32)49(24)38(50)53-39(3,4)5/h1,7,9-11,13,21,23-24,28,34H,8,12,14-20H2,2-5H3/t21-,23+,24+,28-,34+,40-/m0/s1. The molecule has 0 saturated carbocycles. The van der Waals surface area contributed by atoms with Crippen LogP contribution in [-0.2, 0) is 4.74 Å². The summed E-state index contributed by atoms with van der Waals surface area (Å²) in [7, 11) is 0. The lowest BCUT2D eigenvalue weighted by Gasteiger charge is -2.48. The van der Waals surface area contributed by atoms with Gasteiger partial charge in [0.25, 0.3) is 0 Å². The lowest BCUT2D eigenvalue weighted by molar-refractivity contribution is 0.000937.